The zero-order valence-electron chi connectivity index (χ0n) is 10.3. The zero-order chi connectivity index (χ0) is 12.4. The third-order valence-electron chi connectivity index (χ3n) is 2.68. The number of hydrogen-bond acceptors (Lipinski definition) is 4. The summed E-state index contributed by atoms with van der Waals surface area (Å²) in [5.74, 6) is 2.40. The van der Waals surface area contributed by atoms with Crippen LogP contribution in [0.3, 0.4) is 0 Å². The molecule has 0 amide bonds. The molecular weight excluding hydrogens is 216 g/mol. The van der Waals surface area contributed by atoms with Gasteiger partial charge in [0.2, 0.25) is 0 Å². The van der Waals surface area contributed by atoms with Crippen LogP contribution in [0.15, 0.2) is 18.2 Å². The van der Waals surface area contributed by atoms with Crippen molar-refractivity contribution in [3.05, 3.63) is 35.4 Å². The van der Waals surface area contributed by atoms with Crippen molar-refractivity contribution in [2.45, 2.75) is 13.3 Å². The molecule has 1 aromatic carbocycles. The van der Waals surface area contributed by atoms with Crippen molar-refractivity contribution in [1.82, 2.24) is 14.8 Å². The molecule has 2 rings (SSSR count). The molecule has 0 fully saturated rings. The average Bonchev–Trinajstić information content (AvgIpc) is 2.58. The van der Waals surface area contributed by atoms with Gasteiger partial charge in [-0.3, -0.25) is 4.68 Å². The second-order valence-corrected chi connectivity index (χ2v) is 3.95. The van der Waals surface area contributed by atoms with Gasteiger partial charge >= 0.3 is 0 Å². The summed E-state index contributed by atoms with van der Waals surface area (Å²) in [4.78, 5) is 4.36. The van der Waals surface area contributed by atoms with Crippen LogP contribution in [-0.2, 0) is 13.5 Å². The van der Waals surface area contributed by atoms with E-state index in [1.807, 2.05) is 32.2 Å². The summed E-state index contributed by atoms with van der Waals surface area (Å²) in [5.41, 5.74) is 7.56. The van der Waals surface area contributed by atoms with E-state index in [1.165, 1.54) is 0 Å². The number of benzene rings is 1. The first-order chi connectivity index (χ1) is 8.10. The SMILES string of the molecule is COc1ccc(Cc2nc(C)n(C)n2)cc1N. The number of nitrogens with two attached hydrogens (primary N) is 1. The highest BCUT2D eigenvalue weighted by atomic mass is 16.5. The lowest BCUT2D eigenvalue weighted by Crippen LogP contribution is -1.97. The van der Waals surface area contributed by atoms with Gasteiger partial charge in [-0.25, -0.2) is 4.98 Å². The molecule has 5 heteroatoms. The van der Waals surface area contributed by atoms with Crippen LogP contribution in [0.25, 0.3) is 0 Å². The van der Waals surface area contributed by atoms with Crippen molar-refractivity contribution < 1.29 is 4.74 Å². The molecule has 90 valence electrons. The van der Waals surface area contributed by atoms with E-state index < -0.39 is 0 Å². The number of rotatable bonds is 3. The summed E-state index contributed by atoms with van der Waals surface area (Å²) < 4.78 is 6.88. The van der Waals surface area contributed by atoms with Crippen molar-refractivity contribution in [3.8, 4) is 5.75 Å². The second kappa shape index (κ2) is 4.45. The first-order valence-electron chi connectivity index (χ1n) is 5.39. The summed E-state index contributed by atoms with van der Waals surface area (Å²) in [7, 11) is 3.49. The van der Waals surface area contributed by atoms with E-state index in [0.717, 1.165) is 17.2 Å². The maximum atomic E-state index is 5.85. The molecule has 0 saturated carbocycles. The minimum Gasteiger partial charge on any atom is -0.495 e. The Balaban J connectivity index is 2.21. The molecule has 0 spiro atoms. The monoisotopic (exact) mass is 232 g/mol. The lowest BCUT2D eigenvalue weighted by molar-refractivity contribution is 0.417. The number of anilines is 1. The number of nitrogens with zero attached hydrogens (tertiary/aromatic N) is 3. The van der Waals surface area contributed by atoms with Gasteiger partial charge in [0, 0.05) is 13.5 Å². The van der Waals surface area contributed by atoms with Crippen LogP contribution in [0.5, 0.6) is 5.75 Å². The minimum atomic E-state index is 0.637. The predicted molar refractivity (Wildman–Crippen MR) is 66.0 cm³/mol. The quantitative estimate of drug-likeness (QED) is 0.810. The number of ether oxygens (including phenoxy) is 1. The van der Waals surface area contributed by atoms with Crippen molar-refractivity contribution >= 4 is 5.69 Å². The van der Waals surface area contributed by atoms with E-state index in [1.54, 1.807) is 11.8 Å². The highest BCUT2D eigenvalue weighted by Gasteiger charge is 2.06. The van der Waals surface area contributed by atoms with Crippen molar-refractivity contribution in [1.29, 1.82) is 0 Å². The van der Waals surface area contributed by atoms with E-state index in [0.29, 0.717) is 17.9 Å². The Labute approximate surface area is 100 Å². The molecule has 2 aromatic rings. The largest absolute Gasteiger partial charge is 0.495 e. The Morgan fingerprint density at radius 3 is 2.71 bits per heavy atom. The van der Waals surface area contributed by atoms with Crippen molar-refractivity contribution in [2.75, 3.05) is 12.8 Å². The van der Waals surface area contributed by atoms with Gasteiger partial charge < -0.3 is 10.5 Å². The summed E-state index contributed by atoms with van der Waals surface area (Å²) in [5, 5.41) is 4.31. The van der Waals surface area contributed by atoms with Crippen LogP contribution in [0.1, 0.15) is 17.2 Å². The molecule has 5 nitrogen and oxygen atoms in total. The summed E-state index contributed by atoms with van der Waals surface area (Å²) in [6.07, 6.45) is 0.676. The number of aromatic nitrogens is 3. The molecule has 0 bridgehead atoms. The van der Waals surface area contributed by atoms with Crippen LogP contribution in [-0.4, -0.2) is 21.9 Å². The standard InChI is InChI=1S/C12H16N4O/c1-8-14-12(15-16(8)2)7-9-4-5-11(17-3)10(13)6-9/h4-6H,7,13H2,1-3H3. The van der Waals surface area contributed by atoms with E-state index in [2.05, 4.69) is 10.1 Å². The molecule has 1 aromatic heterocycles. The van der Waals surface area contributed by atoms with Crippen LogP contribution in [0.4, 0.5) is 5.69 Å². The summed E-state index contributed by atoms with van der Waals surface area (Å²) >= 11 is 0. The van der Waals surface area contributed by atoms with Crippen LogP contribution in [0, 0.1) is 6.92 Å². The average molecular weight is 232 g/mol. The Morgan fingerprint density at radius 1 is 1.41 bits per heavy atom. The molecular formula is C12H16N4O. The lowest BCUT2D eigenvalue weighted by atomic mass is 10.1. The Bertz CT molecular complexity index is 514. The fourth-order valence-corrected chi connectivity index (χ4v) is 1.68. The van der Waals surface area contributed by atoms with Gasteiger partial charge in [-0.15, -0.1) is 0 Å². The summed E-state index contributed by atoms with van der Waals surface area (Å²) in [6, 6.07) is 5.73. The first-order valence-corrected chi connectivity index (χ1v) is 5.39. The number of hydrogen-bond donors (Lipinski definition) is 1. The van der Waals surface area contributed by atoms with E-state index in [-0.39, 0.29) is 0 Å². The molecule has 0 radical (unpaired) electrons. The smallest absolute Gasteiger partial charge is 0.155 e. The van der Waals surface area contributed by atoms with Gasteiger partial charge in [0.15, 0.2) is 5.82 Å². The maximum absolute atomic E-state index is 5.85. The highest BCUT2D eigenvalue weighted by molar-refractivity contribution is 5.54. The molecule has 0 saturated heterocycles. The lowest BCUT2D eigenvalue weighted by Gasteiger charge is -2.05. The number of aryl methyl sites for hydroxylation is 2. The molecule has 0 atom stereocenters. The van der Waals surface area contributed by atoms with Gasteiger partial charge in [0.25, 0.3) is 0 Å². The zero-order valence-corrected chi connectivity index (χ0v) is 10.3. The van der Waals surface area contributed by atoms with Gasteiger partial charge in [0.1, 0.15) is 11.6 Å². The van der Waals surface area contributed by atoms with Crippen molar-refractivity contribution in [3.63, 3.8) is 0 Å². The number of methoxy groups -OCH3 is 1. The third kappa shape index (κ3) is 2.38. The van der Waals surface area contributed by atoms with Crippen LogP contribution < -0.4 is 10.5 Å². The van der Waals surface area contributed by atoms with E-state index >= 15 is 0 Å². The molecule has 0 aliphatic rings. The molecule has 0 unspecified atom stereocenters. The highest BCUT2D eigenvalue weighted by Crippen LogP contribution is 2.22. The third-order valence-corrected chi connectivity index (χ3v) is 2.68. The second-order valence-electron chi connectivity index (χ2n) is 3.95. The molecule has 17 heavy (non-hydrogen) atoms. The predicted octanol–water partition coefficient (Wildman–Crippen LogP) is 1.31. The fraction of sp³-hybridized carbons (Fsp3) is 0.333. The minimum absolute atomic E-state index is 0.637. The molecule has 1 heterocycles. The Morgan fingerprint density at radius 2 is 2.18 bits per heavy atom. The van der Waals surface area contributed by atoms with E-state index in [4.69, 9.17) is 10.5 Å². The molecule has 0 aliphatic carbocycles. The van der Waals surface area contributed by atoms with E-state index in [9.17, 15) is 0 Å². The fourth-order valence-electron chi connectivity index (χ4n) is 1.68. The van der Waals surface area contributed by atoms with Gasteiger partial charge in [-0.2, -0.15) is 5.10 Å². The first kappa shape index (κ1) is 11.4. The normalized spacial score (nSPS) is 10.5. The van der Waals surface area contributed by atoms with Gasteiger partial charge in [-0.05, 0) is 24.6 Å². The summed E-state index contributed by atoms with van der Waals surface area (Å²) in [6.45, 7) is 1.93. The molecule has 2 N–H and O–H groups in total. The van der Waals surface area contributed by atoms with Crippen molar-refractivity contribution in [2.24, 2.45) is 7.05 Å². The van der Waals surface area contributed by atoms with Crippen LogP contribution >= 0.6 is 0 Å². The van der Waals surface area contributed by atoms with Gasteiger partial charge in [0.05, 0.1) is 12.8 Å². The topological polar surface area (TPSA) is 66.0 Å². The Hall–Kier alpha value is -2.04. The van der Waals surface area contributed by atoms with Crippen LogP contribution in [0.2, 0.25) is 0 Å². The van der Waals surface area contributed by atoms with Gasteiger partial charge in [-0.1, -0.05) is 6.07 Å². The number of nitrogen functional groups attached to an aromatic ring is 1. The maximum Gasteiger partial charge on any atom is 0.155 e. The Kier molecular flexibility index (Phi) is 2.99. The molecule has 0 aliphatic heterocycles.